The van der Waals surface area contributed by atoms with Crippen molar-refractivity contribution in [2.45, 2.75) is 56.9 Å². The molecule has 1 amide bonds. The predicted molar refractivity (Wildman–Crippen MR) is 73.4 cm³/mol. The van der Waals surface area contributed by atoms with Crippen LogP contribution in [-0.2, 0) is 9.53 Å². The molecule has 17 heavy (non-hydrogen) atoms. The van der Waals surface area contributed by atoms with E-state index in [1.807, 2.05) is 0 Å². The highest BCUT2D eigenvalue weighted by atomic mass is 79.9. The second-order valence-corrected chi connectivity index (χ2v) is 5.87. The number of carbonyl (C=O) groups excluding carboxylic acids is 1. The predicted octanol–water partition coefficient (Wildman–Crippen LogP) is 2.87. The Kier molecular flexibility index (Phi) is 7.12. The third-order valence-corrected chi connectivity index (χ3v) is 4.58. The summed E-state index contributed by atoms with van der Waals surface area (Å²) in [5.74, 6) is 0.683. The lowest BCUT2D eigenvalue weighted by Crippen LogP contribution is -2.41. The fourth-order valence-electron chi connectivity index (χ4n) is 2.23. The van der Waals surface area contributed by atoms with E-state index < -0.39 is 0 Å². The highest BCUT2D eigenvalue weighted by Crippen LogP contribution is 2.19. The van der Waals surface area contributed by atoms with Crippen molar-refractivity contribution < 1.29 is 9.53 Å². The average molecular weight is 306 g/mol. The Labute approximate surface area is 113 Å². The first kappa shape index (κ1) is 15.0. The van der Waals surface area contributed by atoms with Crippen LogP contribution >= 0.6 is 15.9 Å². The van der Waals surface area contributed by atoms with Gasteiger partial charge in [-0.2, -0.15) is 0 Å². The van der Waals surface area contributed by atoms with Crippen molar-refractivity contribution in [2.24, 2.45) is 5.92 Å². The van der Waals surface area contributed by atoms with Crippen molar-refractivity contribution in [3.05, 3.63) is 0 Å². The Balaban J connectivity index is 2.26. The highest BCUT2D eigenvalue weighted by Gasteiger charge is 2.23. The molecule has 1 aliphatic rings. The molecule has 1 saturated heterocycles. The lowest BCUT2D eigenvalue weighted by molar-refractivity contribution is -0.135. The molecular weight excluding hydrogens is 282 g/mol. The second kappa shape index (κ2) is 8.09. The number of ether oxygens (including phenoxy) is 1. The Hall–Kier alpha value is -0.0900. The summed E-state index contributed by atoms with van der Waals surface area (Å²) < 4.78 is 5.46. The maximum atomic E-state index is 11.8. The van der Waals surface area contributed by atoms with Crippen LogP contribution in [0.3, 0.4) is 0 Å². The molecule has 3 nitrogen and oxygen atoms in total. The molecule has 1 heterocycles. The summed E-state index contributed by atoms with van der Waals surface area (Å²) >= 11 is 3.66. The summed E-state index contributed by atoms with van der Waals surface area (Å²) in [4.78, 5) is 12.2. The molecule has 1 fully saturated rings. The maximum Gasteiger partial charge on any atom is 0.249 e. The fraction of sp³-hybridized carbons (Fsp3) is 0.923. The molecule has 0 radical (unpaired) electrons. The number of hydrogen-bond donors (Lipinski definition) is 1. The monoisotopic (exact) mass is 305 g/mol. The van der Waals surface area contributed by atoms with Gasteiger partial charge in [0, 0.05) is 18.0 Å². The van der Waals surface area contributed by atoms with E-state index in [-0.39, 0.29) is 12.0 Å². The molecule has 0 aromatic carbocycles. The van der Waals surface area contributed by atoms with Crippen LogP contribution < -0.4 is 5.32 Å². The molecule has 0 spiro atoms. The number of alkyl halides is 1. The maximum absolute atomic E-state index is 11.8. The minimum absolute atomic E-state index is 0.0557. The number of halogens is 1. The number of nitrogens with one attached hydrogen (secondary N) is 1. The summed E-state index contributed by atoms with van der Waals surface area (Å²) in [5.41, 5.74) is 0. The lowest BCUT2D eigenvalue weighted by atomic mass is 9.99. The molecule has 4 heteroatoms. The van der Waals surface area contributed by atoms with Gasteiger partial charge in [0.1, 0.15) is 6.10 Å². The summed E-state index contributed by atoms with van der Waals surface area (Å²) in [6.45, 7) is 5.80. The number of amides is 1. The van der Waals surface area contributed by atoms with Crippen molar-refractivity contribution in [2.75, 3.05) is 13.2 Å². The lowest BCUT2D eigenvalue weighted by Gasteiger charge is -2.24. The van der Waals surface area contributed by atoms with Crippen LogP contribution in [0.2, 0.25) is 0 Å². The third kappa shape index (κ3) is 4.96. The molecule has 1 aliphatic heterocycles. The van der Waals surface area contributed by atoms with Gasteiger partial charge in [-0.3, -0.25) is 4.79 Å². The SMILES string of the molecule is CCC(CC)C(Br)CNC(=O)C1CCCCO1. The van der Waals surface area contributed by atoms with Crippen molar-refractivity contribution in [1.82, 2.24) is 5.32 Å². The van der Waals surface area contributed by atoms with Crippen molar-refractivity contribution in [3.8, 4) is 0 Å². The van der Waals surface area contributed by atoms with Gasteiger partial charge in [0.25, 0.3) is 0 Å². The van der Waals surface area contributed by atoms with Crippen LogP contribution in [0.15, 0.2) is 0 Å². The summed E-state index contributed by atoms with van der Waals surface area (Å²) in [7, 11) is 0. The van der Waals surface area contributed by atoms with E-state index >= 15 is 0 Å². The first-order chi connectivity index (χ1) is 8.19. The van der Waals surface area contributed by atoms with Gasteiger partial charge in [-0.05, 0) is 25.2 Å². The van der Waals surface area contributed by atoms with Crippen molar-refractivity contribution in [3.63, 3.8) is 0 Å². The van der Waals surface area contributed by atoms with Crippen LogP contribution in [0.4, 0.5) is 0 Å². The van der Waals surface area contributed by atoms with E-state index in [0.717, 1.165) is 38.7 Å². The quantitative estimate of drug-likeness (QED) is 0.766. The van der Waals surface area contributed by atoms with Gasteiger partial charge in [-0.1, -0.05) is 42.6 Å². The summed E-state index contributed by atoms with van der Waals surface area (Å²) in [5, 5.41) is 2.99. The molecular formula is C13H24BrNO2. The molecule has 0 saturated carbocycles. The minimum Gasteiger partial charge on any atom is -0.368 e. The molecule has 1 rings (SSSR count). The molecule has 0 bridgehead atoms. The first-order valence-electron chi connectivity index (χ1n) is 6.72. The van der Waals surface area contributed by atoms with Gasteiger partial charge < -0.3 is 10.1 Å². The zero-order valence-electron chi connectivity index (χ0n) is 10.9. The van der Waals surface area contributed by atoms with Gasteiger partial charge >= 0.3 is 0 Å². The average Bonchev–Trinajstić information content (AvgIpc) is 2.38. The van der Waals surface area contributed by atoms with E-state index in [1.165, 1.54) is 0 Å². The molecule has 1 N–H and O–H groups in total. The fourth-order valence-corrected chi connectivity index (χ4v) is 3.14. The Bertz CT molecular complexity index is 225. The highest BCUT2D eigenvalue weighted by molar-refractivity contribution is 9.09. The van der Waals surface area contributed by atoms with Crippen molar-refractivity contribution in [1.29, 1.82) is 0 Å². The smallest absolute Gasteiger partial charge is 0.249 e. The van der Waals surface area contributed by atoms with E-state index in [0.29, 0.717) is 17.3 Å². The summed E-state index contributed by atoms with van der Waals surface area (Å²) in [6.07, 6.45) is 5.11. The Morgan fingerprint density at radius 2 is 2.12 bits per heavy atom. The van der Waals surface area contributed by atoms with Gasteiger partial charge in [-0.25, -0.2) is 0 Å². The Morgan fingerprint density at radius 3 is 2.65 bits per heavy atom. The topological polar surface area (TPSA) is 38.3 Å². The van der Waals surface area contributed by atoms with Crippen LogP contribution in [0.5, 0.6) is 0 Å². The molecule has 2 unspecified atom stereocenters. The number of rotatable bonds is 6. The van der Waals surface area contributed by atoms with Gasteiger partial charge in [0.05, 0.1) is 0 Å². The normalized spacial score (nSPS) is 22.5. The first-order valence-corrected chi connectivity index (χ1v) is 7.64. The van der Waals surface area contributed by atoms with Crippen LogP contribution in [0, 0.1) is 5.92 Å². The van der Waals surface area contributed by atoms with Crippen LogP contribution in [0.25, 0.3) is 0 Å². The number of carbonyl (C=O) groups is 1. The summed E-state index contributed by atoms with van der Waals surface area (Å²) in [6, 6.07) is 0. The van der Waals surface area contributed by atoms with E-state index in [1.54, 1.807) is 0 Å². The second-order valence-electron chi connectivity index (χ2n) is 4.69. The van der Waals surface area contributed by atoms with Gasteiger partial charge in [0.15, 0.2) is 0 Å². The molecule has 0 aromatic rings. The van der Waals surface area contributed by atoms with Crippen LogP contribution in [-0.4, -0.2) is 30.0 Å². The zero-order chi connectivity index (χ0) is 12.7. The van der Waals surface area contributed by atoms with E-state index in [4.69, 9.17) is 4.74 Å². The van der Waals surface area contributed by atoms with E-state index in [9.17, 15) is 4.79 Å². The molecule has 100 valence electrons. The van der Waals surface area contributed by atoms with E-state index in [2.05, 4.69) is 35.1 Å². The Morgan fingerprint density at radius 1 is 1.41 bits per heavy atom. The molecule has 0 aliphatic carbocycles. The van der Waals surface area contributed by atoms with Crippen LogP contribution in [0.1, 0.15) is 46.0 Å². The number of hydrogen-bond acceptors (Lipinski definition) is 2. The largest absolute Gasteiger partial charge is 0.368 e. The van der Waals surface area contributed by atoms with Gasteiger partial charge in [-0.15, -0.1) is 0 Å². The zero-order valence-corrected chi connectivity index (χ0v) is 12.5. The van der Waals surface area contributed by atoms with Gasteiger partial charge in [0.2, 0.25) is 5.91 Å². The van der Waals surface area contributed by atoms with Crippen molar-refractivity contribution >= 4 is 21.8 Å². The molecule has 2 atom stereocenters. The molecule has 0 aromatic heterocycles. The minimum atomic E-state index is -0.217. The standard InChI is InChI=1S/C13H24BrNO2/c1-3-10(4-2)11(14)9-15-13(16)12-7-5-6-8-17-12/h10-12H,3-9H2,1-2H3,(H,15,16). The third-order valence-electron chi connectivity index (χ3n) is 3.50.